The Morgan fingerprint density at radius 3 is 2.33 bits per heavy atom. The lowest BCUT2D eigenvalue weighted by atomic mass is 10.0. The number of hydrogen-bond acceptors (Lipinski definition) is 5. The normalized spacial score (nSPS) is 10.4. The van der Waals surface area contributed by atoms with Gasteiger partial charge in [-0.05, 0) is 40.6 Å². The molecule has 0 heterocycles. The molecule has 138 valence electrons. The van der Waals surface area contributed by atoms with Crippen LogP contribution >= 0.6 is 0 Å². The molecule has 27 heavy (non-hydrogen) atoms. The third-order valence-corrected chi connectivity index (χ3v) is 4.28. The van der Waals surface area contributed by atoms with E-state index in [1.807, 2.05) is 24.3 Å². The molecule has 0 aliphatic rings. The first-order valence-corrected chi connectivity index (χ1v) is 8.35. The number of nitrogens with two attached hydrogens (primary N) is 1. The second kappa shape index (κ2) is 7.78. The van der Waals surface area contributed by atoms with Crippen LogP contribution in [-0.4, -0.2) is 26.1 Å². The molecule has 0 aliphatic heterocycles. The number of nitrogen functional groups attached to an aromatic ring is 1. The predicted octanol–water partition coefficient (Wildman–Crippen LogP) is 3.15. The van der Waals surface area contributed by atoms with Crippen LogP contribution in [0.3, 0.4) is 0 Å². The van der Waals surface area contributed by atoms with Crippen LogP contribution in [0.1, 0.15) is 26.3 Å². The number of rotatable bonds is 5. The minimum atomic E-state index is -0.501. The van der Waals surface area contributed by atoms with Crippen LogP contribution in [0.25, 0.3) is 10.8 Å². The van der Waals surface area contributed by atoms with Gasteiger partial charge in [-0.3, -0.25) is 4.79 Å². The molecular formula is C21H20N2O4. The summed E-state index contributed by atoms with van der Waals surface area (Å²) in [6.07, 6.45) is 0. The number of carbonyl (C=O) groups is 2. The van der Waals surface area contributed by atoms with Gasteiger partial charge in [0.05, 0.1) is 19.8 Å². The molecule has 0 aliphatic carbocycles. The number of amides is 1. The third-order valence-electron chi connectivity index (χ3n) is 4.28. The van der Waals surface area contributed by atoms with Crippen molar-refractivity contribution in [3.05, 3.63) is 71.3 Å². The molecular weight excluding hydrogens is 344 g/mol. The first-order chi connectivity index (χ1) is 13.0. The molecule has 0 aromatic heterocycles. The van der Waals surface area contributed by atoms with E-state index < -0.39 is 5.97 Å². The van der Waals surface area contributed by atoms with Gasteiger partial charge in [0.2, 0.25) is 0 Å². The van der Waals surface area contributed by atoms with Crippen molar-refractivity contribution in [2.24, 2.45) is 0 Å². The quantitative estimate of drug-likeness (QED) is 0.536. The van der Waals surface area contributed by atoms with E-state index in [4.69, 9.17) is 15.2 Å². The highest BCUT2D eigenvalue weighted by molar-refractivity contribution is 6.03. The first kappa shape index (κ1) is 18.3. The Morgan fingerprint density at radius 1 is 0.963 bits per heavy atom. The summed E-state index contributed by atoms with van der Waals surface area (Å²) in [6.45, 7) is 0.235. The van der Waals surface area contributed by atoms with E-state index in [0.717, 1.165) is 16.3 Å². The van der Waals surface area contributed by atoms with Crippen LogP contribution in [0, 0.1) is 0 Å². The van der Waals surface area contributed by atoms with Crippen molar-refractivity contribution in [1.29, 1.82) is 0 Å². The van der Waals surface area contributed by atoms with Crippen molar-refractivity contribution >= 4 is 28.3 Å². The molecule has 0 atom stereocenters. The minimum absolute atomic E-state index is 0.235. The number of carbonyl (C=O) groups excluding carboxylic acids is 2. The summed E-state index contributed by atoms with van der Waals surface area (Å²) in [4.78, 5) is 24.4. The molecule has 0 saturated carbocycles. The average Bonchev–Trinajstić information content (AvgIpc) is 2.70. The highest BCUT2D eigenvalue weighted by Gasteiger charge is 2.15. The number of anilines is 1. The van der Waals surface area contributed by atoms with Gasteiger partial charge in [0, 0.05) is 12.2 Å². The predicted molar refractivity (Wildman–Crippen MR) is 104 cm³/mol. The summed E-state index contributed by atoms with van der Waals surface area (Å²) >= 11 is 0. The smallest absolute Gasteiger partial charge is 0.341 e. The Bertz CT molecular complexity index is 1010. The second-order valence-electron chi connectivity index (χ2n) is 6.00. The molecule has 6 nitrogen and oxygen atoms in total. The number of esters is 1. The molecule has 0 bridgehead atoms. The van der Waals surface area contributed by atoms with E-state index in [-0.39, 0.29) is 12.5 Å². The van der Waals surface area contributed by atoms with Crippen molar-refractivity contribution in [2.75, 3.05) is 20.0 Å². The molecule has 3 N–H and O–H groups in total. The lowest BCUT2D eigenvalue weighted by Crippen LogP contribution is -2.24. The standard InChI is InChI=1S/C21H20N2O4/c1-26-19-8-7-13(9-17(19)21(25)27-2)12-23-20(24)16-10-14-5-3-4-6-15(14)11-18(16)22/h3-11H,12,22H2,1-2H3,(H,23,24). The van der Waals surface area contributed by atoms with Crippen molar-refractivity contribution < 1.29 is 19.1 Å². The van der Waals surface area contributed by atoms with Crippen LogP contribution in [-0.2, 0) is 11.3 Å². The monoisotopic (exact) mass is 364 g/mol. The van der Waals surface area contributed by atoms with Crippen LogP contribution < -0.4 is 15.8 Å². The van der Waals surface area contributed by atoms with Crippen molar-refractivity contribution in [1.82, 2.24) is 5.32 Å². The van der Waals surface area contributed by atoms with E-state index in [0.29, 0.717) is 22.6 Å². The third kappa shape index (κ3) is 3.84. The Balaban J connectivity index is 1.80. The first-order valence-electron chi connectivity index (χ1n) is 8.35. The Labute approximate surface area is 156 Å². The van der Waals surface area contributed by atoms with E-state index >= 15 is 0 Å². The summed E-state index contributed by atoms with van der Waals surface area (Å²) in [5.41, 5.74) is 7.91. The van der Waals surface area contributed by atoms with Crippen LogP contribution in [0.5, 0.6) is 5.75 Å². The van der Waals surface area contributed by atoms with Gasteiger partial charge in [-0.15, -0.1) is 0 Å². The Morgan fingerprint density at radius 2 is 1.67 bits per heavy atom. The van der Waals surface area contributed by atoms with Crippen molar-refractivity contribution in [2.45, 2.75) is 6.54 Å². The van der Waals surface area contributed by atoms with Crippen LogP contribution in [0.15, 0.2) is 54.6 Å². The summed E-state index contributed by atoms with van der Waals surface area (Å²) in [5.74, 6) is -0.372. The summed E-state index contributed by atoms with van der Waals surface area (Å²) < 4.78 is 9.93. The number of methoxy groups -OCH3 is 2. The molecule has 0 saturated heterocycles. The molecule has 0 spiro atoms. The molecule has 3 rings (SSSR count). The fourth-order valence-corrected chi connectivity index (χ4v) is 2.87. The van der Waals surface area contributed by atoms with Gasteiger partial charge in [-0.25, -0.2) is 4.79 Å². The Kier molecular flexibility index (Phi) is 5.26. The highest BCUT2D eigenvalue weighted by atomic mass is 16.5. The largest absolute Gasteiger partial charge is 0.496 e. The lowest BCUT2D eigenvalue weighted by Gasteiger charge is -2.11. The zero-order chi connectivity index (χ0) is 19.4. The zero-order valence-corrected chi connectivity index (χ0v) is 15.1. The zero-order valence-electron chi connectivity index (χ0n) is 15.1. The number of hydrogen-bond donors (Lipinski definition) is 2. The second-order valence-corrected chi connectivity index (χ2v) is 6.00. The summed E-state index contributed by atoms with van der Waals surface area (Å²) in [6, 6.07) is 16.3. The maximum atomic E-state index is 12.6. The maximum Gasteiger partial charge on any atom is 0.341 e. The van der Waals surface area contributed by atoms with Crippen molar-refractivity contribution in [3.8, 4) is 5.75 Å². The molecule has 0 fully saturated rings. The molecule has 3 aromatic carbocycles. The fraction of sp³-hybridized carbons (Fsp3) is 0.143. The molecule has 1 amide bonds. The molecule has 3 aromatic rings. The van der Waals surface area contributed by atoms with E-state index in [9.17, 15) is 9.59 Å². The van der Waals surface area contributed by atoms with Gasteiger partial charge in [0.1, 0.15) is 11.3 Å². The molecule has 6 heteroatoms. The van der Waals surface area contributed by atoms with Crippen LogP contribution in [0.2, 0.25) is 0 Å². The number of ether oxygens (including phenoxy) is 2. The van der Waals surface area contributed by atoms with Crippen LogP contribution in [0.4, 0.5) is 5.69 Å². The van der Waals surface area contributed by atoms with E-state index in [1.165, 1.54) is 14.2 Å². The SMILES string of the molecule is COC(=O)c1cc(CNC(=O)c2cc3ccccc3cc2N)ccc1OC. The van der Waals surface area contributed by atoms with Gasteiger partial charge >= 0.3 is 5.97 Å². The maximum absolute atomic E-state index is 12.6. The molecule has 0 radical (unpaired) electrons. The average molecular weight is 364 g/mol. The number of fused-ring (bicyclic) bond motifs is 1. The van der Waals surface area contributed by atoms with Gasteiger partial charge < -0.3 is 20.5 Å². The topological polar surface area (TPSA) is 90.7 Å². The minimum Gasteiger partial charge on any atom is -0.496 e. The van der Waals surface area contributed by atoms with Gasteiger partial charge in [-0.1, -0.05) is 30.3 Å². The van der Waals surface area contributed by atoms with Gasteiger partial charge in [0.15, 0.2) is 0 Å². The highest BCUT2D eigenvalue weighted by Crippen LogP contribution is 2.23. The number of benzene rings is 3. The summed E-state index contributed by atoms with van der Waals surface area (Å²) in [5, 5.41) is 4.75. The lowest BCUT2D eigenvalue weighted by molar-refractivity contribution is 0.0597. The van der Waals surface area contributed by atoms with Gasteiger partial charge in [-0.2, -0.15) is 0 Å². The molecule has 0 unspecified atom stereocenters. The van der Waals surface area contributed by atoms with E-state index in [2.05, 4.69) is 5.32 Å². The van der Waals surface area contributed by atoms with E-state index in [1.54, 1.807) is 30.3 Å². The number of nitrogens with one attached hydrogen (secondary N) is 1. The van der Waals surface area contributed by atoms with Gasteiger partial charge in [0.25, 0.3) is 5.91 Å². The Hall–Kier alpha value is -3.54. The summed E-state index contributed by atoms with van der Waals surface area (Å²) in [7, 11) is 2.78. The fourth-order valence-electron chi connectivity index (χ4n) is 2.87. The van der Waals surface area contributed by atoms with Crippen molar-refractivity contribution in [3.63, 3.8) is 0 Å².